The average Bonchev–Trinajstić information content (AvgIpc) is 3.82. The van der Waals surface area contributed by atoms with Crippen molar-refractivity contribution in [2.24, 2.45) is 30.7 Å². The zero-order valence-electron chi connectivity index (χ0n) is 33.3. The van der Waals surface area contributed by atoms with Gasteiger partial charge in [0.1, 0.15) is 27.7 Å². The summed E-state index contributed by atoms with van der Waals surface area (Å²) in [4.78, 5) is 15.7. The molecule has 0 aliphatic carbocycles. The minimum Gasteiger partial charge on any atom is -0.505 e. The van der Waals surface area contributed by atoms with Crippen LogP contribution in [0.2, 0.25) is 0 Å². The highest BCUT2D eigenvalue weighted by Gasteiger charge is 2.27. The van der Waals surface area contributed by atoms with Crippen LogP contribution >= 0.6 is 11.3 Å². The number of aromatic nitrogens is 3. The van der Waals surface area contributed by atoms with Crippen LogP contribution in [0, 0.1) is 6.92 Å². The van der Waals surface area contributed by atoms with Gasteiger partial charge in [0.15, 0.2) is 11.4 Å². The molecule has 0 bridgehead atoms. The standard InChI is InChI=1S/C38H31N9O14S4/c1-20-18-29(30(61-16-5-17-63(51,52)53)19-28(20)42-45-38-39-25-6-3-4-7-31(25)62-38)43-40-26-14-13-24-23(34(26)48)12-15-27(35(24)65(57,58)59)41-44-32-33(37(50)60-2)46-47(36(32)49)21-8-10-22(11-9-21)64(54,55)56/h3-4,6-15,18-19,48-49H,5,16-17H2,1-2H3,(H,51,52,53)(H,54,55,56)(H,57,58,59). The number of hydrogen-bond acceptors (Lipinski definition) is 20. The molecule has 65 heavy (non-hydrogen) atoms. The van der Waals surface area contributed by atoms with E-state index in [1.54, 1.807) is 6.92 Å². The van der Waals surface area contributed by atoms with Crippen LogP contribution in [0.15, 0.2) is 125 Å². The Hall–Kier alpha value is -7.14. The molecule has 0 saturated carbocycles. The van der Waals surface area contributed by atoms with Crippen LogP contribution in [-0.4, -0.2) is 89.3 Å². The van der Waals surface area contributed by atoms with E-state index in [1.807, 2.05) is 24.3 Å². The van der Waals surface area contributed by atoms with Crippen LogP contribution in [-0.2, 0) is 35.1 Å². The molecule has 2 heterocycles. The lowest BCUT2D eigenvalue weighted by Crippen LogP contribution is -2.08. The maximum absolute atomic E-state index is 12.8. The van der Waals surface area contributed by atoms with Crippen LogP contribution in [0.25, 0.3) is 26.7 Å². The summed E-state index contributed by atoms with van der Waals surface area (Å²) in [6.07, 6.45) is -0.0947. The van der Waals surface area contributed by atoms with E-state index >= 15 is 0 Å². The first-order valence-corrected chi connectivity index (χ1v) is 23.6. The van der Waals surface area contributed by atoms with E-state index in [-0.39, 0.29) is 46.6 Å². The molecular weight excluding hydrogens is 935 g/mol. The summed E-state index contributed by atoms with van der Waals surface area (Å²) < 4.78 is 112. The maximum Gasteiger partial charge on any atom is 0.361 e. The molecule has 7 rings (SSSR count). The number of esters is 1. The molecule has 0 aliphatic heterocycles. The Balaban J connectivity index is 1.23. The normalized spacial score (nSPS) is 12.6. The molecule has 5 aromatic carbocycles. The molecule has 0 amide bonds. The molecule has 0 atom stereocenters. The number of aryl methyl sites for hydroxylation is 1. The second-order valence-electron chi connectivity index (χ2n) is 13.5. The number of rotatable bonds is 15. The van der Waals surface area contributed by atoms with E-state index in [1.165, 1.54) is 41.7 Å². The highest BCUT2D eigenvalue weighted by Crippen LogP contribution is 2.44. The molecule has 2 aromatic heterocycles. The number of ether oxygens (including phenoxy) is 2. The van der Waals surface area contributed by atoms with Crippen LogP contribution in [0.5, 0.6) is 17.4 Å². The van der Waals surface area contributed by atoms with Gasteiger partial charge < -0.3 is 19.7 Å². The largest absolute Gasteiger partial charge is 0.505 e. The Morgan fingerprint density at radius 2 is 1.42 bits per heavy atom. The Morgan fingerprint density at radius 3 is 2.09 bits per heavy atom. The molecule has 0 unspecified atom stereocenters. The van der Waals surface area contributed by atoms with Gasteiger partial charge in [-0.3, -0.25) is 13.7 Å². The predicted molar refractivity (Wildman–Crippen MR) is 232 cm³/mol. The SMILES string of the molecule is COC(=O)c1nn(-c2ccc(S(=O)(=O)O)cc2)c(O)c1N=Nc1ccc2c(O)c(N=Nc3cc(C)c(N=Nc4nc5ccccc5s4)cc3OCCCS(=O)(=O)O)ccc2c1S(=O)(=O)O. The molecule has 5 N–H and O–H groups in total. The van der Waals surface area contributed by atoms with E-state index in [0.717, 1.165) is 52.3 Å². The molecule has 0 saturated heterocycles. The molecule has 27 heteroatoms. The first-order valence-electron chi connectivity index (χ1n) is 18.3. The van der Waals surface area contributed by atoms with Crippen molar-refractivity contribution in [3.05, 3.63) is 96.2 Å². The van der Waals surface area contributed by atoms with Gasteiger partial charge >= 0.3 is 5.97 Å². The topological polar surface area (TPSA) is 344 Å². The third kappa shape index (κ3) is 10.3. The lowest BCUT2D eigenvalue weighted by atomic mass is 10.1. The van der Waals surface area contributed by atoms with Gasteiger partial charge in [0.05, 0.1) is 46.0 Å². The van der Waals surface area contributed by atoms with E-state index in [0.29, 0.717) is 16.4 Å². The van der Waals surface area contributed by atoms with Crippen molar-refractivity contribution in [2.75, 3.05) is 19.5 Å². The third-order valence-electron chi connectivity index (χ3n) is 9.06. The summed E-state index contributed by atoms with van der Waals surface area (Å²) >= 11 is 1.32. The number of methoxy groups -OCH3 is 1. The smallest absolute Gasteiger partial charge is 0.361 e. The van der Waals surface area contributed by atoms with Crippen LogP contribution < -0.4 is 4.74 Å². The zero-order valence-corrected chi connectivity index (χ0v) is 36.5. The van der Waals surface area contributed by atoms with Crippen LogP contribution in [0.3, 0.4) is 0 Å². The minimum absolute atomic E-state index is 0.0103. The van der Waals surface area contributed by atoms with E-state index < -0.39 is 80.6 Å². The Labute approximate surface area is 371 Å². The first kappa shape index (κ1) is 45.9. The summed E-state index contributed by atoms with van der Waals surface area (Å²) in [5, 5.41) is 50.9. The van der Waals surface area contributed by atoms with Crippen molar-refractivity contribution in [3.63, 3.8) is 0 Å². The summed E-state index contributed by atoms with van der Waals surface area (Å²) in [6, 6.07) is 19.3. The van der Waals surface area contributed by atoms with Gasteiger partial charge in [-0.25, -0.2) is 9.78 Å². The predicted octanol–water partition coefficient (Wildman–Crippen LogP) is 8.54. The van der Waals surface area contributed by atoms with Crippen molar-refractivity contribution in [2.45, 2.75) is 23.1 Å². The number of benzene rings is 5. The summed E-state index contributed by atoms with van der Waals surface area (Å²) in [7, 11) is -13.0. The molecular formula is C38H31N9O14S4. The Kier molecular flexibility index (Phi) is 12.8. The summed E-state index contributed by atoms with van der Waals surface area (Å²) in [6.45, 7) is 1.52. The third-order valence-corrected chi connectivity index (χ3v) is 12.6. The fraction of sp³-hybridized carbons (Fsp3) is 0.132. The summed E-state index contributed by atoms with van der Waals surface area (Å²) in [5.41, 5.74) is -0.245. The number of aromatic hydroxyl groups is 2. The van der Waals surface area contributed by atoms with Crippen molar-refractivity contribution in [3.8, 4) is 23.1 Å². The number of phenolic OH excluding ortho intramolecular Hbond substituents is 1. The molecule has 7 aromatic rings. The van der Waals surface area contributed by atoms with Crippen molar-refractivity contribution in [1.82, 2.24) is 14.8 Å². The van der Waals surface area contributed by atoms with Crippen molar-refractivity contribution < 1.29 is 63.4 Å². The van der Waals surface area contributed by atoms with Gasteiger partial charge in [0.25, 0.3) is 30.4 Å². The van der Waals surface area contributed by atoms with Crippen LogP contribution in [0.4, 0.5) is 33.6 Å². The van der Waals surface area contributed by atoms with E-state index in [2.05, 4.69) is 40.8 Å². The maximum atomic E-state index is 12.8. The van der Waals surface area contributed by atoms with Gasteiger partial charge in [0.2, 0.25) is 16.7 Å². The van der Waals surface area contributed by atoms with E-state index in [4.69, 9.17) is 9.47 Å². The van der Waals surface area contributed by atoms with Crippen LogP contribution in [0.1, 0.15) is 22.5 Å². The fourth-order valence-electron chi connectivity index (χ4n) is 6.03. The average molecular weight is 966 g/mol. The van der Waals surface area contributed by atoms with E-state index in [9.17, 15) is 53.9 Å². The number of fused-ring (bicyclic) bond motifs is 2. The Bertz CT molecular complexity index is 3430. The second kappa shape index (κ2) is 18.2. The number of hydrogen-bond donors (Lipinski definition) is 5. The molecule has 23 nitrogen and oxygen atoms in total. The number of azo groups is 3. The highest BCUT2D eigenvalue weighted by molar-refractivity contribution is 7.86. The number of nitrogens with zero attached hydrogens (tertiary/aromatic N) is 9. The molecule has 0 aliphatic rings. The lowest BCUT2D eigenvalue weighted by molar-refractivity contribution is 0.0594. The fourth-order valence-corrected chi connectivity index (χ4v) is 8.61. The second-order valence-corrected chi connectivity index (χ2v) is 18.8. The lowest BCUT2D eigenvalue weighted by Gasteiger charge is -2.11. The quantitative estimate of drug-likeness (QED) is 0.0278. The number of carbonyl (C=O) groups is 1. The van der Waals surface area contributed by atoms with Gasteiger partial charge in [-0.1, -0.05) is 29.5 Å². The van der Waals surface area contributed by atoms with Gasteiger partial charge in [-0.15, -0.1) is 30.7 Å². The number of para-hydroxylation sites is 1. The summed E-state index contributed by atoms with van der Waals surface area (Å²) in [5.74, 6) is -3.06. The zero-order chi connectivity index (χ0) is 46.8. The Morgan fingerprint density at radius 1 is 0.754 bits per heavy atom. The minimum atomic E-state index is -5.16. The number of carbonyl (C=O) groups excluding carboxylic acids is 1. The first-order chi connectivity index (χ1) is 30.7. The van der Waals surface area contributed by atoms with Gasteiger partial charge in [0, 0.05) is 16.8 Å². The molecule has 0 radical (unpaired) electrons. The molecule has 0 spiro atoms. The molecule has 336 valence electrons. The number of phenols is 1. The number of thiazole rings is 1. The monoisotopic (exact) mass is 965 g/mol. The van der Waals surface area contributed by atoms with Gasteiger partial charge in [-0.2, -0.15) is 35.0 Å². The van der Waals surface area contributed by atoms with Crippen molar-refractivity contribution in [1.29, 1.82) is 0 Å². The molecule has 0 fully saturated rings. The van der Waals surface area contributed by atoms with Gasteiger partial charge in [-0.05, 0) is 79.6 Å². The van der Waals surface area contributed by atoms with Crippen molar-refractivity contribution >= 4 is 102 Å². The highest BCUT2D eigenvalue weighted by atomic mass is 32.2.